The summed E-state index contributed by atoms with van der Waals surface area (Å²) < 4.78 is 27.1. The van der Waals surface area contributed by atoms with Gasteiger partial charge >= 0.3 is 0 Å². The molecule has 0 aliphatic carbocycles. The first-order valence-corrected chi connectivity index (χ1v) is 7.24. The van der Waals surface area contributed by atoms with E-state index in [0.29, 0.717) is 16.8 Å². The van der Waals surface area contributed by atoms with Crippen LogP contribution in [0.4, 0.5) is 11.5 Å². The van der Waals surface area contributed by atoms with Gasteiger partial charge < -0.3 is 5.73 Å². The van der Waals surface area contributed by atoms with Gasteiger partial charge in [-0.05, 0) is 37.1 Å². The van der Waals surface area contributed by atoms with Crippen LogP contribution >= 0.6 is 0 Å². The Kier molecular flexibility index (Phi) is 3.49. The number of benzene rings is 1. The highest BCUT2D eigenvalue weighted by Gasteiger charge is 2.21. The summed E-state index contributed by atoms with van der Waals surface area (Å²) in [4.78, 5) is 11.0. The quantitative estimate of drug-likeness (QED) is 0.723. The van der Waals surface area contributed by atoms with E-state index in [4.69, 9.17) is 5.73 Å². The zero-order valence-corrected chi connectivity index (χ0v) is 11.8. The minimum absolute atomic E-state index is 0.0332. The summed E-state index contributed by atoms with van der Waals surface area (Å²) in [6.45, 7) is 3.32. The second-order valence-electron chi connectivity index (χ2n) is 4.34. The normalized spacial score (nSPS) is 11.3. The van der Waals surface area contributed by atoms with Crippen molar-refractivity contribution in [3.63, 3.8) is 0 Å². The molecule has 0 spiro atoms. The molecule has 0 radical (unpaired) electrons. The summed E-state index contributed by atoms with van der Waals surface area (Å²) in [6, 6.07) is 5.76. The Morgan fingerprint density at radius 2 is 1.90 bits per heavy atom. The van der Waals surface area contributed by atoms with Crippen LogP contribution in [0.2, 0.25) is 0 Å². The molecule has 0 amide bonds. The van der Waals surface area contributed by atoms with Gasteiger partial charge in [-0.2, -0.15) is 5.10 Å². The third kappa shape index (κ3) is 2.64. The van der Waals surface area contributed by atoms with Gasteiger partial charge in [-0.3, -0.25) is 9.52 Å². The smallest absolute Gasteiger partial charge is 0.264 e. The van der Waals surface area contributed by atoms with Crippen molar-refractivity contribution in [3.05, 3.63) is 45.7 Å². The molecule has 0 saturated heterocycles. The van der Waals surface area contributed by atoms with Crippen LogP contribution in [0.1, 0.15) is 11.1 Å². The second kappa shape index (κ2) is 4.97. The van der Waals surface area contributed by atoms with Gasteiger partial charge in [0.05, 0.1) is 4.90 Å². The Hall–Kier alpha value is -2.35. The molecular formula is C12H14N4O3S. The van der Waals surface area contributed by atoms with Gasteiger partial charge in [-0.15, -0.1) is 0 Å². The zero-order valence-electron chi connectivity index (χ0n) is 11.0. The van der Waals surface area contributed by atoms with Gasteiger partial charge in [0.25, 0.3) is 15.6 Å². The van der Waals surface area contributed by atoms with E-state index in [9.17, 15) is 13.2 Å². The van der Waals surface area contributed by atoms with Crippen molar-refractivity contribution < 1.29 is 8.42 Å². The molecule has 0 aliphatic rings. The molecule has 0 saturated carbocycles. The fourth-order valence-electron chi connectivity index (χ4n) is 1.85. The molecule has 2 rings (SSSR count). The molecule has 7 nitrogen and oxygen atoms in total. The number of nitrogens with one attached hydrogen (secondary N) is 2. The second-order valence-corrected chi connectivity index (χ2v) is 5.96. The van der Waals surface area contributed by atoms with Gasteiger partial charge in [0.15, 0.2) is 5.82 Å². The van der Waals surface area contributed by atoms with Gasteiger partial charge in [-0.25, -0.2) is 13.5 Å². The summed E-state index contributed by atoms with van der Waals surface area (Å²) >= 11 is 0. The molecule has 106 valence electrons. The largest absolute Gasteiger partial charge is 0.398 e. The fraction of sp³-hybridized carbons (Fsp3) is 0.167. The SMILES string of the molecule is Cc1ccc(N)c(C)c1S(=O)(=O)Nc1ccc(=O)[nH]n1. The van der Waals surface area contributed by atoms with Crippen LogP contribution < -0.4 is 16.0 Å². The van der Waals surface area contributed by atoms with Crippen molar-refractivity contribution in [1.29, 1.82) is 0 Å². The Balaban J connectivity index is 2.48. The van der Waals surface area contributed by atoms with Crippen LogP contribution in [-0.2, 0) is 10.0 Å². The molecular weight excluding hydrogens is 280 g/mol. The maximum atomic E-state index is 12.4. The predicted molar refractivity (Wildman–Crippen MR) is 76.0 cm³/mol. The summed E-state index contributed by atoms with van der Waals surface area (Å²) in [5.74, 6) is 0.0332. The molecule has 0 bridgehead atoms. The average Bonchev–Trinajstić information content (AvgIpc) is 2.37. The number of aryl methyl sites for hydroxylation is 1. The Bertz CT molecular complexity index is 791. The van der Waals surface area contributed by atoms with Gasteiger partial charge in [0, 0.05) is 11.8 Å². The van der Waals surface area contributed by atoms with E-state index in [1.54, 1.807) is 26.0 Å². The van der Waals surface area contributed by atoms with Crippen molar-refractivity contribution in [1.82, 2.24) is 10.2 Å². The maximum absolute atomic E-state index is 12.4. The van der Waals surface area contributed by atoms with Crippen LogP contribution in [-0.4, -0.2) is 18.6 Å². The van der Waals surface area contributed by atoms with Gasteiger partial charge in [-0.1, -0.05) is 6.07 Å². The lowest BCUT2D eigenvalue weighted by atomic mass is 10.1. The minimum Gasteiger partial charge on any atom is -0.398 e. The Morgan fingerprint density at radius 1 is 1.20 bits per heavy atom. The number of anilines is 2. The van der Waals surface area contributed by atoms with E-state index >= 15 is 0 Å². The summed E-state index contributed by atoms with van der Waals surface area (Å²) in [6.07, 6.45) is 0. The van der Waals surface area contributed by atoms with Gasteiger partial charge in [0.1, 0.15) is 0 Å². The van der Waals surface area contributed by atoms with Gasteiger partial charge in [0.2, 0.25) is 0 Å². The van der Waals surface area contributed by atoms with Crippen molar-refractivity contribution in [2.75, 3.05) is 10.5 Å². The molecule has 1 heterocycles. The van der Waals surface area contributed by atoms with Crippen molar-refractivity contribution >= 4 is 21.5 Å². The van der Waals surface area contributed by atoms with Crippen molar-refractivity contribution in [3.8, 4) is 0 Å². The number of hydrogen-bond acceptors (Lipinski definition) is 5. The number of nitrogens with two attached hydrogens (primary N) is 1. The molecule has 8 heteroatoms. The highest BCUT2D eigenvalue weighted by molar-refractivity contribution is 7.92. The van der Waals surface area contributed by atoms with E-state index in [0.717, 1.165) is 0 Å². The van der Waals surface area contributed by atoms with Crippen molar-refractivity contribution in [2.45, 2.75) is 18.7 Å². The average molecular weight is 294 g/mol. The molecule has 2 aromatic rings. The van der Waals surface area contributed by atoms with Crippen molar-refractivity contribution in [2.24, 2.45) is 0 Å². The molecule has 0 unspecified atom stereocenters. The number of aromatic amines is 1. The number of hydrogen-bond donors (Lipinski definition) is 3. The van der Waals surface area contributed by atoms with Crippen LogP contribution in [0.15, 0.2) is 34.0 Å². The van der Waals surface area contributed by atoms with Crippen LogP contribution in [0, 0.1) is 13.8 Å². The van der Waals surface area contributed by atoms with Crippen LogP contribution in [0.3, 0.4) is 0 Å². The standard InChI is InChI=1S/C12H14N4O3S/c1-7-3-4-9(13)8(2)12(7)20(18,19)16-10-5-6-11(17)15-14-10/h3-6H,13H2,1-2H3,(H,14,16)(H,15,17). The Labute approximate surface area is 115 Å². The Morgan fingerprint density at radius 3 is 2.50 bits per heavy atom. The maximum Gasteiger partial charge on any atom is 0.264 e. The lowest BCUT2D eigenvalue weighted by molar-refractivity contribution is 0.599. The summed E-state index contributed by atoms with van der Waals surface area (Å²) in [5.41, 5.74) is 6.78. The molecule has 1 aromatic heterocycles. The van der Waals surface area contributed by atoms with E-state index in [1.807, 2.05) is 0 Å². The van der Waals surface area contributed by atoms with E-state index in [1.165, 1.54) is 12.1 Å². The van der Waals surface area contributed by atoms with E-state index in [-0.39, 0.29) is 10.7 Å². The third-order valence-electron chi connectivity index (χ3n) is 2.83. The summed E-state index contributed by atoms with van der Waals surface area (Å²) in [5, 5.41) is 5.77. The first-order valence-electron chi connectivity index (χ1n) is 5.75. The lowest BCUT2D eigenvalue weighted by Gasteiger charge is -2.13. The van der Waals surface area contributed by atoms with E-state index < -0.39 is 15.6 Å². The molecule has 20 heavy (non-hydrogen) atoms. The zero-order chi connectivity index (χ0) is 14.9. The molecule has 0 fully saturated rings. The van der Waals surface area contributed by atoms with E-state index in [2.05, 4.69) is 14.9 Å². The highest BCUT2D eigenvalue weighted by Crippen LogP contribution is 2.25. The number of sulfonamides is 1. The molecule has 0 aliphatic heterocycles. The number of aromatic nitrogens is 2. The summed E-state index contributed by atoms with van der Waals surface area (Å²) in [7, 11) is -3.82. The first-order chi connectivity index (χ1) is 9.31. The molecule has 4 N–H and O–H groups in total. The lowest BCUT2D eigenvalue weighted by Crippen LogP contribution is -2.18. The first kappa shape index (κ1) is 14.1. The fourth-order valence-corrected chi connectivity index (χ4v) is 3.35. The predicted octanol–water partition coefficient (Wildman–Crippen LogP) is 0.770. The monoisotopic (exact) mass is 294 g/mol. The van der Waals surface area contributed by atoms with Crippen LogP contribution in [0.5, 0.6) is 0 Å². The minimum atomic E-state index is -3.82. The third-order valence-corrected chi connectivity index (χ3v) is 4.47. The number of nitrogen functional groups attached to an aromatic ring is 1. The molecule has 1 aromatic carbocycles. The number of H-pyrrole nitrogens is 1. The molecule has 0 atom stereocenters. The highest BCUT2D eigenvalue weighted by atomic mass is 32.2. The van der Waals surface area contributed by atoms with Crippen LogP contribution in [0.25, 0.3) is 0 Å². The topological polar surface area (TPSA) is 118 Å². The number of rotatable bonds is 3. The number of nitrogens with zero attached hydrogens (tertiary/aromatic N) is 1.